The Morgan fingerprint density at radius 3 is 2.54 bits per heavy atom. The molecule has 0 saturated heterocycles. The second-order valence-corrected chi connectivity index (χ2v) is 7.86. The third-order valence-corrected chi connectivity index (χ3v) is 5.61. The van der Waals surface area contributed by atoms with Gasteiger partial charge in [0.1, 0.15) is 15.9 Å². The van der Waals surface area contributed by atoms with E-state index in [0.29, 0.717) is 0 Å². The van der Waals surface area contributed by atoms with E-state index in [1.807, 2.05) is 61.5 Å². The number of aliphatic imine (C=N–C) groups is 1. The van der Waals surface area contributed by atoms with Gasteiger partial charge in [-0.3, -0.25) is 9.79 Å². The Morgan fingerprint density at radius 2 is 1.88 bits per heavy atom. The summed E-state index contributed by atoms with van der Waals surface area (Å²) in [4.78, 5) is 16.6. The standard InChI is InChI=1S/C18H18N2O2S2/c1-13(24-18-19-11-12-23-18)17(21)20-14-7-9-16(10-8-14)22-15-5-3-2-4-6-15/h2-10,13H,11-12H2,1H3,(H,20,21). The van der Waals surface area contributed by atoms with Gasteiger partial charge in [0.15, 0.2) is 0 Å². The summed E-state index contributed by atoms with van der Waals surface area (Å²) in [5, 5.41) is 2.76. The minimum absolute atomic E-state index is 0.0214. The lowest BCUT2D eigenvalue weighted by atomic mass is 10.3. The molecule has 1 heterocycles. The zero-order valence-corrected chi connectivity index (χ0v) is 14.9. The number of nitrogens with one attached hydrogen (secondary N) is 1. The number of benzene rings is 2. The number of ether oxygens (including phenoxy) is 1. The molecule has 0 radical (unpaired) electrons. The van der Waals surface area contributed by atoms with Gasteiger partial charge in [-0.25, -0.2) is 0 Å². The van der Waals surface area contributed by atoms with E-state index in [9.17, 15) is 4.79 Å². The van der Waals surface area contributed by atoms with Crippen molar-refractivity contribution in [2.75, 3.05) is 17.6 Å². The van der Waals surface area contributed by atoms with Crippen LogP contribution in [-0.4, -0.2) is 27.8 Å². The van der Waals surface area contributed by atoms with Crippen LogP contribution in [0.3, 0.4) is 0 Å². The molecule has 4 nitrogen and oxygen atoms in total. The third-order valence-electron chi connectivity index (χ3n) is 3.31. The summed E-state index contributed by atoms with van der Waals surface area (Å²) < 4.78 is 6.74. The molecule has 0 saturated carbocycles. The maximum atomic E-state index is 12.2. The minimum atomic E-state index is -0.172. The zero-order valence-electron chi connectivity index (χ0n) is 13.3. The molecule has 6 heteroatoms. The summed E-state index contributed by atoms with van der Waals surface area (Å²) in [6.07, 6.45) is 0. The van der Waals surface area contributed by atoms with E-state index in [-0.39, 0.29) is 11.2 Å². The minimum Gasteiger partial charge on any atom is -0.457 e. The average molecular weight is 358 g/mol. The average Bonchev–Trinajstić information content (AvgIpc) is 3.10. The van der Waals surface area contributed by atoms with Gasteiger partial charge < -0.3 is 10.1 Å². The van der Waals surface area contributed by atoms with Crippen molar-refractivity contribution in [2.24, 2.45) is 4.99 Å². The van der Waals surface area contributed by atoms with Gasteiger partial charge in [0.2, 0.25) is 5.91 Å². The number of para-hydroxylation sites is 1. The molecule has 1 atom stereocenters. The van der Waals surface area contributed by atoms with Crippen LogP contribution >= 0.6 is 23.5 Å². The van der Waals surface area contributed by atoms with E-state index in [4.69, 9.17) is 4.74 Å². The third kappa shape index (κ3) is 4.79. The van der Waals surface area contributed by atoms with E-state index in [2.05, 4.69) is 10.3 Å². The molecule has 24 heavy (non-hydrogen) atoms. The van der Waals surface area contributed by atoms with E-state index in [1.54, 1.807) is 11.8 Å². The Hall–Kier alpha value is -1.92. The van der Waals surface area contributed by atoms with Gasteiger partial charge in [-0.05, 0) is 43.3 Å². The number of hydrogen-bond acceptors (Lipinski definition) is 5. The molecular formula is C18H18N2O2S2. The predicted octanol–water partition coefficient (Wildman–Crippen LogP) is 4.64. The van der Waals surface area contributed by atoms with E-state index >= 15 is 0 Å². The first kappa shape index (κ1) is 16.9. The first-order valence-electron chi connectivity index (χ1n) is 7.68. The molecule has 0 aromatic heterocycles. The van der Waals surface area contributed by atoms with Crippen molar-refractivity contribution in [1.29, 1.82) is 0 Å². The summed E-state index contributed by atoms with van der Waals surface area (Å²) >= 11 is 3.23. The monoisotopic (exact) mass is 358 g/mol. The number of nitrogens with zero attached hydrogens (tertiary/aromatic N) is 1. The number of carbonyl (C=O) groups is 1. The number of hydrogen-bond donors (Lipinski definition) is 1. The molecule has 0 aliphatic carbocycles. The molecule has 1 aliphatic heterocycles. The van der Waals surface area contributed by atoms with Gasteiger partial charge >= 0.3 is 0 Å². The number of rotatable bonds is 5. The van der Waals surface area contributed by atoms with Gasteiger partial charge in [-0.1, -0.05) is 41.7 Å². The normalized spacial score (nSPS) is 14.8. The van der Waals surface area contributed by atoms with Crippen molar-refractivity contribution in [2.45, 2.75) is 12.2 Å². The van der Waals surface area contributed by atoms with Crippen molar-refractivity contribution < 1.29 is 9.53 Å². The van der Waals surface area contributed by atoms with Crippen molar-refractivity contribution in [3.8, 4) is 11.5 Å². The SMILES string of the molecule is CC(SC1=NCCS1)C(=O)Nc1ccc(Oc2ccccc2)cc1. The van der Waals surface area contributed by atoms with Crippen LogP contribution in [-0.2, 0) is 4.79 Å². The van der Waals surface area contributed by atoms with Crippen LogP contribution in [0, 0.1) is 0 Å². The van der Waals surface area contributed by atoms with Crippen molar-refractivity contribution in [1.82, 2.24) is 0 Å². The lowest BCUT2D eigenvalue weighted by Gasteiger charge is -2.12. The van der Waals surface area contributed by atoms with Crippen LogP contribution in [0.4, 0.5) is 5.69 Å². The molecule has 2 aromatic rings. The molecule has 0 fully saturated rings. The van der Waals surface area contributed by atoms with Crippen molar-refractivity contribution in [3.63, 3.8) is 0 Å². The van der Waals surface area contributed by atoms with Gasteiger partial charge in [0, 0.05) is 11.4 Å². The fourth-order valence-electron chi connectivity index (χ4n) is 2.07. The smallest absolute Gasteiger partial charge is 0.237 e. The Kier molecular flexibility index (Phi) is 5.82. The molecule has 2 aromatic carbocycles. The van der Waals surface area contributed by atoms with Crippen LogP contribution < -0.4 is 10.1 Å². The fraction of sp³-hybridized carbons (Fsp3) is 0.222. The van der Waals surface area contributed by atoms with E-state index < -0.39 is 0 Å². The Labute approximate surface area is 150 Å². The summed E-state index contributed by atoms with van der Waals surface area (Å²) in [6, 6.07) is 17.0. The highest BCUT2D eigenvalue weighted by molar-refractivity contribution is 8.39. The van der Waals surface area contributed by atoms with E-state index in [0.717, 1.165) is 33.9 Å². The fourth-order valence-corrected chi connectivity index (χ4v) is 4.20. The van der Waals surface area contributed by atoms with Gasteiger partial charge in [-0.15, -0.1) is 0 Å². The number of amides is 1. The molecule has 1 amide bonds. The molecule has 3 rings (SSSR count). The highest BCUT2D eigenvalue weighted by atomic mass is 32.2. The molecule has 124 valence electrons. The second-order valence-electron chi connectivity index (χ2n) is 5.18. The molecule has 0 spiro atoms. The van der Waals surface area contributed by atoms with E-state index in [1.165, 1.54) is 11.8 Å². The zero-order chi connectivity index (χ0) is 16.8. The topological polar surface area (TPSA) is 50.7 Å². The van der Waals surface area contributed by atoms with Crippen molar-refractivity contribution in [3.05, 3.63) is 54.6 Å². The van der Waals surface area contributed by atoms with Gasteiger partial charge in [-0.2, -0.15) is 0 Å². The lowest BCUT2D eigenvalue weighted by molar-refractivity contribution is -0.115. The molecule has 1 N–H and O–H groups in total. The van der Waals surface area contributed by atoms with Gasteiger partial charge in [0.25, 0.3) is 0 Å². The maximum Gasteiger partial charge on any atom is 0.237 e. The molecular weight excluding hydrogens is 340 g/mol. The summed E-state index contributed by atoms with van der Waals surface area (Å²) in [6.45, 7) is 2.75. The van der Waals surface area contributed by atoms with Crippen LogP contribution in [0.25, 0.3) is 0 Å². The number of carbonyl (C=O) groups excluding carboxylic acids is 1. The van der Waals surface area contributed by atoms with Crippen LogP contribution in [0.15, 0.2) is 59.6 Å². The summed E-state index contributed by atoms with van der Waals surface area (Å²) in [5.74, 6) is 2.51. The lowest BCUT2D eigenvalue weighted by Crippen LogP contribution is -2.23. The molecule has 1 aliphatic rings. The Bertz CT molecular complexity index is 718. The quantitative estimate of drug-likeness (QED) is 0.846. The maximum absolute atomic E-state index is 12.2. The molecule has 1 unspecified atom stereocenters. The van der Waals surface area contributed by atoms with Crippen LogP contribution in [0.1, 0.15) is 6.92 Å². The van der Waals surface area contributed by atoms with Crippen molar-refractivity contribution >= 4 is 39.5 Å². The summed E-state index contributed by atoms with van der Waals surface area (Å²) in [5.41, 5.74) is 0.758. The second kappa shape index (κ2) is 8.26. The van der Waals surface area contributed by atoms with Crippen LogP contribution in [0.5, 0.6) is 11.5 Å². The number of anilines is 1. The van der Waals surface area contributed by atoms with Gasteiger partial charge in [0.05, 0.1) is 11.8 Å². The largest absolute Gasteiger partial charge is 0.457 e. The first-order valence-corrected chi connectivity index (χ1v) is 9.55. The number of thioether (sulfide) groups is 2. The Balaban J connectivity index is 1.54. The Morgan fingerprint density at radius 1 is 1.17 bits per heavy atom. The summed E-state index contributed by atoms with van der Waals surface area (Å²) in [7, 11) is 0. The first-order chi connectivity index (χ1) is 11.7. The predicted molar refractivity (Wildman–Crippen MR) is 103 cm³/mol. The van der Waals surface area contributed by atoms with Crippen LogP contribution in [0.2, 0.25) is 0 Å². The highest BCUT2D eigenvalue weighted by Crippen LogP contribution is 2.27. The highest BCUT2D eigenvalue weighted by Gasteiger charge is 2.18. The molecule has 0 bridgehead atoms.